The Hall–Kier alpha value is -1.98. The Balaban J connectivity index is 2.10. The topological polar surface area (TPSA) is 52.9 Å². The molecule has 1 aromatic rings. The normalized spacial score (nSPS) is 15.7. The third-order valence-electron chi connectivity index (χ3n) is 2.94. The number of rotatable bonds is 1. The number of hydrogen-bond acceptors (Lipinski definition) is 3. The Kier molecular flexibility index (Phi) is 3.55. The molecule has 18 heavy (non-hydrogen) atoms. The second-order valence-electron chi connectivity index (χ2n) is 4.09. The van der Waals surface area contributed by atoms with Crippen molar-refractivity contribution in [3.05, 3.63) is 35.4 Å². The highest BCUT2D eigenvalue weighted by molar-refractivity contribution is 5.96. The van der Waals surface area contributed by atoms with E-state index in [4.69, 9.17) is 5.21 Å². The molecular formula is C12H12F2N2O2. The number of nitrogens with zero attached hydrogens (tertiary/aromatic N) is 2. The summed E-state index contributed by atoms with van der Waals surface area (Å²) in [6.45, 7) is 0.828. The van der Waals surface area contributed by atoms with Crippen LogP contribution in [-0.2, 0) is 0 Å². The van der Waals surface area contributed by atoms with E-state index in [0.717, 1.165) is 12.1 Å². The maximum absolute atomic E-state index is 13.0. The minimum Gasteiger partial charge on any atom is -0.411 e. The predicted octanol–water partition coefficient (Wildman–Crippen LogP) is 2.03. The van der Waals surface area contributed by atoms with Gasteiger partial charge in [0.2, 0.25) is 0 Å². The second-order valence-corrected chi connectivity index (χ2v) is 4.09. The van der Waals surface area contributed by atoms with Gasteiger partial charge in [0.05, 0.1) is 5.71 Å². The van der Waals surface area contributed by atoms with E-state index in [1.54, 1.807) is 0 Å². The molecule has 0 unspecified atom stereocenters. The SMILES string of the molecule is O=C(c1ccc(F)c(F)c1)N1CCC(=NO)CC1. The van der Waals surface area contributed by atoms with Gasteiger partial charge in [0, 0.05) is 31.5 Å². The van der Waals surface area contributed by atoms with Gasteiger partial charge in [0.25, 0.3) is 5.91 Å². The van der Waals surface area contributed by atoms with Gasteiger partial charge in [-0.1, -0.05) is 5.16 Å². The molecule has 0 radical (unpaired) electrons. The fourth-order valence-electron chi connectivity index (χ4n) is 1.88. The van der Waals surface area contributed by atoms with Crippen molar-refractivity contribution in [3.8, 4) is 0 Å². The molecular weight excluding hydrogens is 242 g/mol. The number of halogens is 2. The standard InChI is InChI=1S/C12H12F2N2O2/c13-10-2-1-8(7-11(10)14)12(17)16-5-3-9(15-18)4-6-16/h1-2,7,18H,3-6H2. The van der Waals surface area contributed by atoms with Crippen LogP contribution >= 0.6 is 0 Å². The van der Waals surface area contributed by atoms with E-state index in [-0.39, 0.29) is 11.5 Å². The largest absolute Gasteiger partial charge is 0.411 e. The zero-order chi connectivity index (χ0) is 13.1. The number of piperidine rings is 1. The number of carbonyl (C=O) groups excluding carboxylic acids is 1. The molecule has 96 valence electrons. The molecule has 6 heteroatoms. The van der Waals surface area contributed by atoms with E-state index >= 15 is 0 Å². The number of hydrogen-bond donors (Lipinski definition) is 1. The molecule has 0 saturated carbocycles. The molecule has 1 N–H and O–H groups in total. The van der Waals surface area contributed by atoms with Crippen molar-refractivity contribution in [2.45, 2.75) is 12.8 Å². The lowest BCUT2D eigenvalue weighted by molar-refractivity contribution is 0.0753. The molecule has 0 bridgehead atoms. The quantitative estimate of drug-likeness (QED) is 0.616. The predicted molar refractivity (Wildman–Crippen MR) is 60.7 cm³/mol. The van der Waals surface area contributed by atoms with Crippen LogP contribution in [0.5, 0.6) is 0 Å². The number of benzene rings is 1. The van der Waals surface area contributed by atoms with Crippen LogP contribution < -0.4 is 0 Å². The van der Waals surface area contributed by atoms with Crippen LogP contribution in [0.3, 0.4) is 0 Å². The van der Waals surface area contributed by atoms with Gasteiger partial charge in [0.1, 0.15) is 0 Å². The fourth-order valence-corrected chi connectivity index (χ4v) is 1.88. The van der Waals surface area contributed by atoms with Crippen molar-refractivity contribution in [1.82, 2.24) is 4.90 Å². The van der Waals surface area contributed by atoms with Gasteiger partial charge < -0.3 is 10.1 Å². The summed E-state index contributed by atoms with van der Waals surface area (Å²) in [5.41, 5.74) is 0.766. The molecule has 1 amide bonds. The average Bonchev–Trinajstić information content (AvgIpc) is 2.41. The minimum absolute atomic E-state index is 0.123. The summed E-state index contributed by atoms with van der Waals surface area (Å²) in [6.07, 6.45) is 0.984. The van der Waals surface area contributed by atoms with Crippen LogP contribution in [0.25, 0.3) is 0 Å². The summed E-state index contributed by atoms with van der Waals surface area (Å²) in [6, 6.07) is 3.09. The number of likely N-dealkylation sites (tertiary alicyclic amines) is 1. The summed E-state index contributed by atoms with van der Waals surface area (Å²) in [5.74, 6) is -2.35. The minimum atomic E-state index is -1.03. The van der Waals surface area contributed by atoms with Gasteiger partial charge in [-0.05, 0) is 18.2 Å². The molecule has 1 saturated heterocycles. The Morgan fingerprint density at radius 3 is 2.44 bits per heavy atom. The molecule has 0 aliphatic carbocycles. The van der Waals surface area contributed by atoms with Gasteiger partial charge >= 0.3 is 0 Å². The van der Waals surface area contributed by atoms with E-state index in [2.05, 4.69) is 5.16 Å². The highest BCUT2D eigenvalue weighted by Gasteiger charge is 2.22. The van der Waals surface area contributed by atoms with Crippen LogP contribution in [-0.4, -0.2) is 34.8 Å². The van der Waals surface area contributed by atoms with Gasteiger partial charge in [0.15, 0.2) is 11.6 Å². The second kappa shape index (κ2) is 5.12. The lowest BCUT2D eigenvalue weighted by atomic mass is 10.1. The smallest absolute Gasteiger partial charge is 0.253 e. The Bertz CT molecular complexity index is 493. The Morgan fingerprint density at radius 1 is 1.22 bits per heavy atom. The lowest BCUT2D eigenvalue weighted by Crippen LogP contribution is -2.38. The molecule has 2 rings (SSSR count). The zero-order valence-electron chi connectivity index (χ0n) is 9.57. The van der Waals surface area contributed by atoms with Crippen LogP contribution in [0, 0.1) is 11.6 Å². The number of amides is 1. The first-order valence-corrected chi connectivity index (χ1v) is 5.56. The van der Waals surface area contributed by atoms with Crippen molar-refractivity contribution in [1.29, 1.82) is 0 Å². The molecule has 1 aromatic carbocycles. The van der Waals surface area contributed by atoms with Crippen molar-refractivity contribution in [2.24, 2.45) is 5.16 Å². The summed E-state index contributed by atoms with van der Waals surface area (Å²) < 4.78 is 25.8. The van der Waals surface area contributed by atoms with Gasteiger partial charge in [-0.3, -0.25) is 4.79 Å². The Morgan fingerprint density at radius 2 is 1.89 bits per heavy atom. The Labute approximate surface area is 103 Å². The van der Waals surface area contributed by atoms with E-state index in [1.165, 1.54) is 11.0 Å². The molecule has 1 aliphatic heterocycles. The summed E-state index contributed by atoms with van der Waals surface area (Å²) in [7, 11) is 0. The summed E-state index contributed by atoms with van der Waals surface area (Å²) in [5, 5.41) is 11.7. The molecule has 0 spiro atoms. The molecule has 1 heterocycles. The first-order valence-electron chi connectivity index (χ1n) is 5.56. The van der Waals surface area contributed by atoms with Gasteiger partial charge in [-0.15, -0.1) is 0 Å². The fraction of sp³-hybridized carbons (Fsp3) is 0.333. The first-order chi connectivity index (χ1) is 8.61. The van der Waals surface area contributed by atoms with Gasteiger partial charge in [-0.25, -0.2) is 8.78 Å². The molecule has 4 nitrogen and oxygen atoms in total. The van der Waals surface area contributed by atoms with E-state index in [9.17, 15) is 13.6 Å². The van der Waals surface area contributed by atoms with Crippen molar-refractivity contribution < 1.29 is 18.8 Å². The lowest BCUT2D eigenvalue weighted by Gasteiger charge is -2.27. The van der Waals surface area contributed by atoms with E-state index in [0.29, 0.717) is 31.6 Å². The van der Waals surface area contributed by atoms with Crippen molar-refractivity contribution in [3.63, 3.8) is 0 Å². The van der Waals surface area contributed by atoms with Gasteiger partial charge in [-0.2, -0.15) is 0 Å². The highest BCUT2D eigenvalue weighted by Crippen LogP contribution is 2.14. The van der Waals surface area contributed by atoms with Crippen LogP contribution in [0.15, 0.2) is 23.4 Å². The molecule has 0 atom stereocenters. The van der Waals surface area contributed by atoms with Crippen molar-refractivity contribution in [2.75, 3.05) is 13.1 Å². The van der Waals surface area contributed by atoms with E-state index < -0.39 is 11.6 Å². The van der Waals surface area contributed by atoms with Crippen LogP contribution in [0.4, 0.5) is 8.78 Å². The molecule has 1 aliphatic rings. The zero-order valence-corrected chi connectivity index (χ0v) is 9.57. The third-order valence-corrected chi connectivity index (χ3v) is 2.94. The van der Waals surface area contributed by atoms with E-state index in [1.807, 2.05) is 0 Å². The maximum atomic E-state index is 13.0. The van der Waals surface area contributed by atoms with Crippen LogP contribution in [0.1, 0.15) is 23.2 Å². The van der Waals surface area contributed by atoms with Crippen LogP contribution in [0.2, 0.25) is 0 Å². The van der Waals surface area contributed by atoms with Crippen molar-refractivity contribution >= 4 is 11.6 Å². The average molecular weight is 254 g/mol. The first kappa shape index (κ1) is 12.5. The highest BCUT2D eigenvalue weighted by atomic mass is 19.2. The monoisotopic (exact) mass is 254 g/mol. The number of carbonyl (C=O) groups is 1. The summed E-state index contributed by atoms with van der Waals surface area (Å²) >= 11 is 0. The number of oxime groups is 1. The third kappa shape index (κ3) is 2.47. The molecule has 1 fully saturated rings. The molecule has 0 aromatic heterocycles. The maximum Gasteiger partial charge on any atom is 0.253 e. The summed E-state index contributed by atoms with van der Waals surface area (Å²) in [4.78, 5) is 13.5.